The Balaban J connectivity index is 1.13. The van der Waals surface area contributed by atoms with E-state index >= 15 is 0 Å². The Labute approximate surface area is 193 Å². The number of benzene rings is 1. The normalized spacial score (nSPS) is 17.3. The molecule has 2 aromatic heterocycles. The number of methoxy groups -OCH3 is 1. The van der Waals surface area contributed by atoms with Crippen LogP contribution in [0.25, 0.3) is 5.82 Å². The predicted octanol–water partition coefficient (Wildman–Crippen LogP) is 2.24. The average Bonchev–Trinajstić information content (AvgIpc) is 3.44. The molecule has 0 aliphatic carbocycles. The molecule has 2 fully saturated rings. The van der Waals surface area contributed by atoms with Gasteiger partial charge in [0.15, 0.2) is 11.6 Å². The minimum atomic E-state index is 0.0790. The van der Waals surface area contributed by atoms with Gasteiger partial charge in [-0.1, -0.05) is 12.1 Å². The maximum atomic E-state index is 13.2. The molecule has 9 heteroatoms. The summed E-state index contributed by atoms with van der Waals surface area (Å²) in [5, 5.41) is 12.8. The minimum absolute atomic E-state index is 0.0790. The van der Waals surface area contributed by atoms with Gasteiger partial charge >= 0.3 is 0 Å². The summed E-state index contributed by atoms with van der Waals surface area (Å²) >= 11 is 0. The molecule has 0 saturated carbocycles. The fraction of sp³-hybridized carbons (Fsp3) is 0.417. The molecule has 1 amide bonds. The van der Waals surface area contributed by atoms with Crippen molar-refractivity contribution in [1.29, 1.82) is 0 Å². The summed E-state index contributed by atoms with van der Waals surface area (Å²) in [7, 11) is 1.70. The molecule has 0 atom stereocenters. The van der Waals surface area contributed by atoms with Crippen LogP contribution in [0.2, 0.25) is 0 Å². The Morgan fingerprint density at radius 2 is 1.61 bits per heavy atom. The summed E-state index contributed by atoms with van der Waals surface area (Å²) in [4.78, 5) is 19.7. The van der Waals surface area contributed by atoms with Crippen LogP contribution in [0, 0.1) is 5.92 Å². The number of hydrogen-bond acceptors (Lipinski definition) is 7. The van der Waals surface area contributed by atoms with E-state index in [9.17, 15) is 4.79 Å². The van der Waals surface area contributed by atoms with Gasteiger partial charge in [0.2, 0.25) is 5.91 Å². The molecule has 0 spiro atoms. The van der Waals surface area contributed by atoms with Gasteiger partial charge in [-0.3, -0.25) is 4.79 Å². The molecule has 9 nitrogen and oxygen atoms in total. The van der Waals surface area contributed by atoms with Gasteiger partial charge in [0, 0.05) is 57.6 Å². The first-order valence-electron chi connectivity index (χ1n) is 11.5. The highest BCUT2D eigenvalue weighted by molar-refractivity contribution is 5.79. The van der Waals surface area contributed by atoms with Crippen LogP contribution in [0.3, 0.4) is 0 Å². The van der Waals surface area contributed by atoms with E-state index in [4.69, 9.17) is 4.74 Å². The zero-order chi connectivity index (χ0) is 22.6. The zero-order valence-electron chi connectivity index (χ0n) is 18.9. The number of carbonyl (C=O) groups excluding carboxylic acids is 1. The van der Waals surface area contributed by atoms with E-state index in [-0.39, 0.29) is 11.8 Å². The van der Waals surface area contributed by atoms with Gasteiger partial charge in [0.25, 0.3) is 0 Å². The van der Waals surface area contributed by atoms with E-state index in [1.807, 2.05) is 47.5 Å². The van der Waals surface area contributed by atoms with Crippen LogP contribution in [0.4, 0.5) is 11.5 Å². The summed E-state index contributed by atoms with van der Waals surface area (Å²) < 4.78 is 7.19. The van der Waals surface area contributed by atoms with E-state index in [1.54, 1.807) is 18.0 Å². The molecule has 0 unspecified atom stereocenters. The highest BCUT2D eigenvalue weighted by Gasteiger charge is 2.31. The van der Waals surface area contributed by atoms with Gasteiger partial charge in [0.1, 0.15) is 5.75 Å². The van der Waals surface area contributed by atoms with E-state index in [2.05, 4.69) is 31.2 Å². The van der Waals surface area contributed by atoms with Crippen LogP contribution in [-0.4, -0.2) is 77.2 Å². The van der Waals surface area contributed by atoms with Gasteiger partial charge in [0.05, 0.1) is 12.8 Å². The Bertz CT molecular complexity index is 1050. The summed E-state index contributed by atoms with van der Waals surface area (Å²) in [6, 6.07) is 13.8. The third-order valence-corrected chi connectivity index (χ3v) is 6.56. The Hall–Kier alpha value is -3.62. The van der Waals surface area contributed by atoms with Gasteiger partial charge in [-0.05, 0) is 43.2 Å². The molecule has 4 heterocycles. The maximum Gasteiger partial charge on any atom is 0.225 e. The standard InChI is InChI=1S/C24H29N7O2/c1-33-21-6-3-2-5-20(21)28-15-17-30(18-16-28)24(32)19-9-13-29(14-10-19)22-7-8-23(27-26-22)31-12-4-11-25-31/h2-8,11-12,19H,9-10,13-18H2,1H3. The maximum absolute atomic E-state index is 13.2. The van der Waals surface area contributed by atoms with Crippen molar-refractivity contribution in [3.63, 3.8) is 0 Å². The first kappa shape index (κ1) is 21.2. The number of hydrogen-bond donors (Lipinski definition) is 0. The molecule has 0 radical (unpaired) electrons. The summed E-state index contributed by atoms with van der Waals surface area (Å²) in [5.41, 5.74) is 1.10. The number of amides is 1. The molecule has 5 rings (SSSR count). The highest BCUT2D eigenvalue weighted by atomic mass is 16.5. The first-order chi connectivity index (χ1) is 16.2. The lowest BCUT2D eigenvalue weighted by Gasteiger charge is -2.39. The summed E-state index contributed by atoms with van der Waals surface area (Å²) in [6.45, 7) is 4.77. The van der Waals surface area contributed by atoms with Gasteiger partial charge in [-0.25, -0.2) is 4.68 Å². The van der Waals surface area contributed by atoms with Gasteiger partial charge in [-0.2, -0.15) is 5.10 Å². The average molecular weight is 448 g/mol. The molecule has 1 aromatic carbocycles. The molecular weight excluding hydrogens is 418 g/mol. The van der Waals surface area contributed by atoms with E-state index in [1.165, 1.54) is 0 Å². The highest BCUT2D eigenvalue weighted by Crippen LogP contribution is 2.29. The van der Waals surface area contributed by atoms with E-state index in [0.29, 0.717) is 5.82 Å². The topological polar surface area (TPSA) is 79.6 Å². The molecule has 33 heavy (non-hydrogen) atoms. The number of ether oxygens (including phenoxy) is 1. The van der Waals surface area contributed by atoms with Crippen molar-refractivity contribution in [3.8, 4) is 11.6 Å². The molecular formula is C24H29N7O2. The number of anilines is 2. The SMILES string of the molecule is COc1ccccc1N1CCN(C(=O)C2CCN(c3ccc(-n4cccn4)nn3)CC2)CC1. The lowest BCUT2D eigenvalue weighted by molar-refractivity contribution is -0.136. The molecule has 2 saturated heterocycles. The van der Waals surface area contributed by atoms with Crippen molar-refractivity contribution in [2.45, 2.75) is 12.8 Å². The molecule has 2 aliphatic heterocycles. The number of carbonyl (C=O) groups is 1. The fourth-order valence-corrected chi connectivity index (χ4v) is 4.69. The number of rotatable bonds is 5. The second kappa shape index (κ2) is 9.48. The molecule has 3 aromatic rings. The molecule has 2 aliphatic rings. The van der Waals surface area contributed by atoms with Crippen LogP contribution >= 0.6 is 0 Å². The second-order valence-corrected chi connectivity index (χ2v) is 8.45. The van der Waals surface area contributed by atoms with Crippen LogP contribution in [0.15, 0.2) is 54.9 Å². The quantitative estimate of drug-likeness (QED) is 0.593. The third-order valence-electron chi connectivity index (χ3n) is 6.56. The lowest BCUT2D eigenvalue weighted by Crippen LogP contribution is -2.51. The number of nitrogens with zero attached hydrogens (tertiary/aromatic N) is 7. The predicted molar refractivity (Wildman–Crippen MR) is 126 cm³/mol. The van der Waals surface area contributed by atoms with E-state index < -0.39 is 0 Å². The number of para-hydroxylation sites is 2. The first-order valence-corrected chi connectivity index (χ1v) is 11.5. The monoisotopic (exact) mass is 447 g/mol. The summed E-state index contributed by atoms with van der Waals surface area (Å²) in [6.07, 6.45) is 5.25. The molecule has 0 N–H and O–H groups in total. The minimum Gasteiger partial charge on any atom is -0.495 e. The second-order valence-electron chi connectivity index (χ2n) is 8.45. The third kappa shape index (κ3) is 4.48. The number of aromatic nitrogens is 4. The van der Waals surface area contributed by atoms with Crippen LogP contribution < -0.4 is 14.5 Å². The fourth-order valence-electron chi connectivity index (χ4n) is 4.69. The Morgan fingerprint density at radius 3 is 2.27 bits per heavy atom. The zero-order valence-corrected chi connectivity index (χ0v) is 18.9. The largest absolute Gasteiger partial charge is 0.495 e. The van der Waals surface area contributed by atoms with Crippen LogP contribution in [-0.2, 0) is 4.79 Å². The van der Waals surface area contributed by atoms with Crippen molar-refractivity contribution < 1.29 is 9.53 Å². The van der Waals surface area contributed by atoms with Crippen molar-refractivity contribution in [2.24, 2.45) is 5.92 Å². The van der Waals surface area contributed by atoms with Crippen molar-refractivity contribution in [1.82, 2.24) is 24.9 Å². The van der Waals surface area contributed by atoms with Crippen molar-refractivity contribution >= 4 is 17.4 Å². The lowest BCUT2D eigenvalue weighted by atomic mass is 9.95. The summed E-state index contributed by atoms with van der Waals surface area (Å²) in [5.74, 6) is 2.79. The van der Waals surface area contributed by atoms with Gasteiger partial charge < -0.3 is 19.4 Å². The smallest absolute Gasteiger partial charge is 0.225 e. The van der Waals surface area contributed by atoms with Gasteiger partial charge in [-0.15, -0.1) is 10.2 Å². The Morgan fingerprint density at radius 1 is 0.879 bits per heavy atom. The Kier molecular flexibility index (Phi) is 6.10. The van der Waals surface area contributed by atoms with Crippen molar-refractivity contribution in [3.05, 3.63) is 54.9 Å². The number of piperazine rings is 1. The van der Waals surface area contributed by atoms with Crippen LogP contribution in [0.5, 0.6) is 5.75 Å². The number of piperidine rings is 1. The molecule has 0 bridgehead atoms. The van der Waals surface area contributed by atoms with E-state index in [0.717, 1.165) is 69.4 Å². The van der Waals surface area contributed by atoms with Crippen LogP contribution in [0.1, 0.15) is 12.8 Å². The van der Waals surface area contributed by atoms with Crippen molar-refractivity contribution in [2.75, 3.05) is 56.2 Å². The molecule has 172 valence electrons.